The fourth-order valence-corrected chi connectivity index (χ4v) is 14.1. The van der Waals surface area contributed by atoms with Crippen LogP contribution in [0.1, 0.15) is 0 Å². The summed E-state index contributed by atoms with van der Waals surface area (Å²) in [7, 11) is 0. The van der Waals surface area contributed by atoms with Gasteiger partial charge in [0.25, 0.3) is 0 Å². The van der Waals surface area contributed by atoms with Crippen molar-refractivity contribution in [3.8, 4) is 67.9 Å². The number of para-hydroxylation sites is 4. The Kier molecular flexibility index (Phi) is 9.57. The summed E-state index contributed by atoms with van der Waals surface area (Å²) in [6, 6.07) is 84.4. The number of aromatic nitrogens is 6. The summed E-state index contributed by atoms with van der Waals surface area (Å²) in [5.41, 5.74) is 13.7. The number of hydrogen-bond donors (Lipinski definition) is 0. The van der Waals surface area contributed by atoms with Crippen molar-refractivity contribution in [2.75, 3.05) is 0 Å². The lowest BCUT2D eigenvalue weighted by molar-refractivity contribution is 1.07. The molecule has 6 nitrogen and oxygen atoms in total. The molecule has 0 amide bonds. The van der Waals surface area contributed by atoms with Crippen LogP contribution in [0.25, 0.3) is 152 Å². The molecule has 0 aliphatic heterocycles. The van der Waals surface area contributed by atoms with Crippen LogP contribution in [-0.2, 0) is 0 Å². The number of nitrogens with zero attached hydrogens (tertiary/aromatic N) is 6. The van der Waals surface area contributed by atoms with E-state index < -0.39 is 0 Å². The molecule has 0 aliphatic carbocycles. The maximum absolute atomic E-state index is 5.33. The second-order valence-electron chi connectivity index (χ2n) is 19.3. The summed E-state index contributed by atoms with van der Waals surface area (Å²) >= 11 is 3.69. The van der Waals surface area contributed by atoms with E-state index in [0.717, 1.165) is 50.4 Å². The summed E-state index contributed by atoms with van der Waals surface area (Å²) in [5.74, 6) is 1.80. The number of thiophene rings is 2. The van der Waals surface area contributed by atoms with Crippen LogP contribution in [0.3, 0.4) is 0 Å². The second kappa shape index (κ2) is 17.0. The highest BCUT2D eigenvalue weighted by Gasteiger charge is 2.23. The quantitative estimate of drug-likeness (QED) is 0.160. The number of hydrogen-bond acceptors (Lipinski definition) is 6. The molecule has 16 aromatic rings. The fourth-order valence-electron chi connectivity index (χ4n) is 11.5. The van der Waals surface area contributed by atoms with Gasteiger partial charge in [-0.05, 0) is 60.2 Å². The molecular formula is C68H40N6S2. The Balaban J connectivity index is 0.906. The van der Waals surface area contributed by atoms with Crippen molar-refractivity contribution in [1.29, 1.82) is 0 Å². The first kappa shape index (κ1) is 42.9. The lowest BCUT2D eigenvalue weighted by atomic mass is 9.97. The average Bonchev–Trinajstić information content (AvgIpc) is 4.28. The van der Waals surface area contributed by atoms with E-state index in [1.165, 1.54) is 84.0 Å². The molecule has 0 fully saturated rings. The maximum atomic E-state index is 5.33. The standard InChI is InChI=1S/C68H40N6S2/c1-5-17-41(18-6-1)66-70-67(42-19-7-2-8-20-42)72-68(71-66)55-39-57(44-30-32-50-54-36-34-52-48-26-14-16-28-59(48)74(46-23-11-4-12-24-46)63(52)65(54)76-61(50)38-44)69-40-56(55)43-29-31-49-53-35-33-51-47-25-13-15-27-58(47)73(45-21-9-3-10-22-45)62(51)64(53)75-60(49)37-43/h1-40H. The third-order valence-corrected chi connectivity index (χ3v) is 17.4. The van der Waals surface area contributed by atoms with E-state index in [0.29, 0.717) is 17.5 Å². The van der Waals surface area contributed by atoms with Gasteiger partial charge in [0, 0.05) is 97.9 Å². The molecule has 354 valence electrons. The molecule has 0 saturated heterocycles. The molecule has 0 radical (unpaired) electrons. The molecule has 0 spiro atoms. The topological polar surface area (TPSA) is 61.4 Å². The molecule has 8 heteroatoms. The maximum Gasteiger partial charge on any atom is 0.164 e. The Bertz CT molecular complexity index is 4920. The van der Waals surface area contributed by atoms with Gasteiger partial charge in [-0.3, -0.25) is 4.98 Å². The number of rotatable bonds is 7. The summed E-state index contributed by atoms with van der Waals surface area (Å²) < 4.78 is 9.78. The van der Waals surface area contributed by atoms with Gasteiger partial charge in [0.2, 0.25) is 0 Å². The molecule has 6 heterocycles. The predicted octanol–water partition coefficient (Wildman–Crippen LogP) is 18.5. The Labute approximate surface area is 443 Å². The molecule has 16 rings (SSSR count). The summed E-state index contributed by atoms with van der Waals surface area (Å²) in [6.45, 7) is 0. The highest BCUT2D eigenvalue weighted by molar-refractivity contribution is 7.27. The molecule has 0 saturated carbocycles. The summed E-state index contributed by atoms with van der Waals surface area (Å²) in [5, 5.41) is 9.92. The van der Waals surface area contributed by atoms with E-state index >= 15 is 0 Å². The first-order valence-corrected chi connectivity index (χ1v) is 27.1. The van der Waals surface area contributed by atoms with Gasteiger partial charge in [-0.2, -0.15) is 0 Å². The van der Waals surface area contributed by atoms with Crippen LogP contribution in [0.15, 0.2) is 243 Å². The van der Waals surface area contributed by atoms with Gasteiger partial charge in [0.1, 0.15) is 0 Å². The summed E-state index contributed by atoms with van der Waals surface area (Å²) in [4.78, 5) is 21.1. The molecule has 10 aromatic carbocycles. The predicted molar refractivity (Wildman–Crippen MR) is 319 cm³/mol. The average molecular weight is 1010 g/mol. The van der Waals surface area contributed by atoms with Gasteiger partial charge in [0.05, 0.1) is 37.2 Å². The van der Waals surface area contributed by atoms with E-state index in [1.54, 1.807) is 0 Å². The molecule has 76 heavy (non-hydrogen) atoms. The smallest absolute Gasteiger partial charge is 0.164 e. The molecular weight excluding hydrogens is 965 g/mol. The Morgan fingerprint density at radius 3 is 1.25 bits per heavy atom. The van der Waals surface area contributed by atoms with Crippen LogP contribution in [0, 0.1) is 0 Å². The Morgan fingerprint density at radius 2 is 0.724 bits per heavy atom. The minimum atomic E-state index is 0.580. The van der Waals surface area contributed by atoms with Gasteiger partial charge in [-0.15, -0.1) is 22.7 Å². The zero-order chi connectivity index (χ0) is 49.8. The molecule has 0 atom stereocenters. The van der Waals surface area contributed by atoms with Gasteiger partial charge in [-0.25, -0.2) is 15.0 Å². The third kappa shape index (κ3) is 6.64. The van der Waals surface area contributed by atoms with Crippen molar-refractivity contribution >= 4 is 107 Å². The van der Waals surface area contributed by atoms with Gasteiger partial charge in [0.15, 0.2) is 17.5 Å². The fraction of sp³-hybridized carbons (Fsp3) is 0. The highest BCUT2D eigenvalue weighted by Crippen LogP contribution is 2.47. The number of fused-ring (bicyclic) bond motifs is 14. The highest BCUT2D eigenvalue weighted by atomic mass is 32.1. The van der Waals surface area contributed by atoms with Gasteiger partial charge in [-0.1, -0.05) is 182 Å². The van der Waals surface area contributed by atoms with Crippen LogP contribution >= 0.6 is 22.7 Å². The minimum Gasteiger partial charge on any atom is -0.308 e. The lowest BCUT2D eigenvalue weighted by Gasteiger charge is -2.14. The molecule has 0 aliphatic rings. The van der Waals surface area contributed by atoms with Crippen LogP contribution in [0.4, 0.5) is 0 Å². The number of benzene rings is 10. The third-order valence-electron chi connectivity index (χ3n) is 15.0. The molecule has 0 unspecified atom stereocenters. The largest absolute Gasteiger partial charge is 0.308 e. The zero-order valence-electron chi connectivity index (χ0n) is 40.6. The lowest BCUT2D eigenvalue weighted by Crippen LogP contribution is -2.02. The SMILES string of the molecule is c1ccc(-c2nc(-c3ccccc3)nc(-c3cc(-c4ccc5c(c4)sc4c5ccc5c6ccccc6n(-c6ccccc6)c54)ncc3-c3ccc4c(c3)sc3c4ccc4c5ccccc5n(-c5ccccc5)c43)n2)cc1. The van der Waals surface area contributed by atoms with Gasteiger partial charge < -0.3 is 9.13 Å². The minimum absolute atomic E-state index is 0.580. The van der Waals surface area contributed by atoms with Crippen molar-refractivity contribution in [1.82, 2.24) is 29.1 Å². The van der Waals surface area contributed by atoms with Crippen molar-refractivity contribution in [2.24, 2.45) is 0 Å². The van der Waals surface area contributed by atoms with Crippen LogP contribution < -0.4 is 0 Å². The summed E-state index contributed by atoms with van der Waals surface area (Å²) in [6.07, 6.45) is 2.02. The Morgan fingerprint density at radius 1 is 0.303 bits per heavy atom. The normalized spacial score (nSPS) is 11.9. The Hall–Kier alpha value is -9.60. The van der Waals surface area contributed by atoms with E-state index in [1.807, 2.05) is 65.3 Å². The first-order valence-electron chi connectivity index (χ1n) is 25.4. The molecule has 0 N–H and O–H groups in total. The van der Waals surface area contributed by atoms with Crippen LogP contribution in [0.5, 0.6) is 0 Å². The van der Waals surface area contributed by atoms with Crippen molar-refractivity contribution in [3.63, 3.8) is 0 Å². The van der Waals surface area contributed by atoms with Crippen molar-refractivity contribution < 1.29 is 0 Å². The van der Waals surface area contributed by atoms with Crippen LogP contribution in [0.2, 0.25) is 0 Å². The molecule has 0 bridgehead atoms. The molecule has 6 aromatic heterocycles. The second-order valence-corrected chi connectivity index (χ2v) is 21.4. The van der Waals surface area contributed by atoms with E-state index in [2.05, 4.69) is 209 Å². The number of pyridine rings is 1. The van der Waals surface area contributed by atoms with Crippen LogP contribution in [-0.4, -0.2) is 29.1 Å². The van der Waals surface area contributed by atoms with Gasteiger partial charge >= 0.3 is 0 Å². The zero-order valence-corrected chi connectivity index (χ0v) is 42.2. The van der Waals surface area contributed by atoms with E-state index in [4.69, 9.17) is 19.9 Å². The monoisotopic (exact) mass is 1000 g/mol. The van der Waals surface area contributed by atoms with E-state index in [-0.39, 0.29) is 0 Å². The van der Waals surface area contributed by atoms with E-state index in [9.17, 15) is 0 Å². The first-order chi connectivity index (χ1) is 37.7. The van der Waals surface area contributed by atoms with Crippen molar-refractivity contribution in [2.45, 2.75) is 0 Å². The van der Waals surface area contributed by atoms with Crippen molar-refractivity contribution in [3.05, 3.63) is 243 Å².